The average molecular weight is 291 g/mol. The second kappa shape index (κ2) is 6.10. The molecule has 1 heterocycles. The van der Waals surface area contributed by atoms with Gasteiger partial charge >= 0.3 is 6.18 Å². The molecule has 2 rings (SSSR count). The predicted molar refractivity (Wildman–Crippen MR) is 66.7 cm³/mol. The monoisotopic (exact) mass is 291 g/mol. The summed E-state index contributed by atoms with van der Waals surface area (Å²) in [7, 11) is 1.78. The van der Waals surface area contributed by atoms with Crippen LogP contribution in [0.2, 0.25) is 0 Å². The normalized spacial score (nSPS) is 19.8. The number of alkyl halides is 3. The highest BCUT2D eigenvalue weighted by Gasteiger charge is 2.31. The minimum absolute atomic E-state index is 0.0706. The molecule has 1 atom stereocenters. The number of halogens is 4. The van der Waals surface area contributed by atoms with Gasteiger partial charge in [-0.2, -0.15) is 13.2 Å². The van der Waals surface area contributed by atoms with Crippen LogP contribution in [0.25, 0.3) is 0 Å². The fourth-order valence-electron chi connectivity index (χ4n) is 2.40. The van der Waals surface area contributed by atoms with Gasteiger partial charge in [-0.25, -0.2) is 4.39 Å². The molecular weight excluding hydrogens is 274 g/mol. The van der Waals surface area contributed by atoms with Gasteiger partial charge in [-0.3, -0.25) is 0 Å². The lowest BCUT2D eigenvalue weighted by Crippen LogP contribution is -2.26. The maximum Gasteiger partial charge on any atom is 0.416 e. The molecule has 1 aliphatic rings. The molecule has 6 heteroatoms. The van der Waals surface area contributed by atoms with Gasteiger partial charge in [0.1, 0.15) is 5.82 Å². The first-order chi connectivity index (χ1) is 9.36. The van der Waals surface area contributed by atoms with Gasteiger partial charge in [0.05, 0.1) is 12.2 Å². The quantitative estimate of drug-likeness (QED) is 0.789. The van der Waals surface area contributed by atoms with Gasteiger partial charge in [0.15, 0.2) is 0 Å². The van der Waals surface area contributed by atoms with Crippen LogP contribution in [-0.2, 0) is 17.5 Å². The van der Waals surface area contributed by atoms with Crippen LogP contribution in [0.15, 0.2) is 18.2 Å². The van der Waals surface area contributed by atoms with Gasteiger partial charge in [-0.15, -0.1) is 0 Å². The highest BCUT2D eigenvalue weighted by molar-refractivity contribution is 5.27. The van der Waals surface area contributed by atoms with Crippen molar-refractivity contribution in [3.63, 3.8) is 0 Å². The molecule has 0 aromatic heterocycles. The van der Waals surface area contributed by atoms with Gasteiger partial charge in [0.25, 0.3) is 0 Å². The number of benzene rings is 1. The molecule has 1 aromatic carbocycles. The molecule has 0 radical (unpaired) electrons. The van der Waals surface area contributed by atoms with E-state index in [0.717, 1.165) is 31.2 Å². The van der Waals surface area contributed by atoms with Crippen LogP contribution < -0.4 is 0 Å². The first kappa shape index (κ1) is 15.3. The lowest BCUT2D eigenvalue weighted by Gasteiger charge is -2.21. The van der Waals surface area contributed by atoms with Crippen LogP contribution in [0.3, 0.4) is 0 Å². The zero-order valence-electron chi connectivity index (χ0n) is 11.2. The number of hydrogen-bond acceptors (Lipinski definition) is 2. The van der Waals surface area contributed by atoms with E-state index >= 15 is 0 Å². The minimum Gasteiger partial charge on any atom is -0.381 e. The van der Waals surface area contributed by atoms with Gasteiger partial charge < -0.3 is 9.64 Å². The van der Waals surface area contributed by atoms with Crippen molar-refractivity contribution in [1.29, 1.82) is 0 Å². The fraction of sp³-hybridized carbons (Fsp3) is 0.571. The number of nitrogens with zero attached hydrogens (tertiary/aromatic N) is 1. The van der Waals surface area contributed by atoms with Crippen molar-refractivity contribution < 1.29 is 22.3 Å². The third-order valence-corrected chi connectivity index (χ3v) is 3.41. The maximum absolute atomic E-state index is 13.6. The fourth-order valence-corrected chi connectivity index (χ4v) is 2.40. The average Bonchev–Trinajstić information content (AvgIpc) is 2.83. The SMILES string of the molecule is CN(Cc1cc(C(F)(F)F)ccc1F)C[C@H]1CCOC1. The highest BCUT2D eigenvalue weighted by Crippen LogP contribution is 2.30. The summed E-state index contributed by atoms with van der Waals surface area (Å²) in [6.45, 7) is 2.23. The Morgan fingerprint density at radius 1 is 1.35 bits per heavy atom. The Bertz CT molecular complexity index is 455. The molecule has 1 aromatic rings. The Kier molecular flexibility index (Phi) is 4.65. The lowest BCUT2D eigenvalue weighted by atomic mass is 10.1. The van der Waals surface area contributed by atoms with Crippen molar-refractivity contribution in [2.24, 2.45) is 5.92 Å². The van der Waals surface area contributed by atoms with Crippen LogP contribution in [0.5, 0.6) is 0 Å². The van der Waals surface area contributed by atoms with E-state index in [-0.39, 0.29) is 12.1 Å². The summed E-state index contributed by atoms with van der Waals surface area (Å²) >= 11 is 0. The molecule has 112 valence electrons. The molecule has 1 aliphatic heterocycles. The Balaban J connectivity index is 2.03. The van der Waals surface area contributed by atoms with Crippen LogP contribution >= 0.6 is 0 Å². The molecule has 1 saturated heterocycles. The molecule has 0 spiro atoms. The summed E-state index contributed by atoms with van der Waals surface area (Å²) in [6.07, 6.45) is -3.50. The molecule has 0 unspecified atom stereocenters. The Labute approximate surface area is 115 Å². The van der Waals surface area contributed by atoms with E-state index in [1.54, 1.807) is 7.05 Å². The largest absolute Gasteiger partial charge is 0.416 e. The molecule has 20 heavy (non-hydrogen) atoms. The third-order valence-electron chi connectivity index (χ3n) is 3.41. The van der Waals surface area contributed by atoms with Crippen molar-refractivity contribution >= 4 is 0 Å². The molecule has 0 aliphatic carbocycles. The molecule has 1 fully saturated rings. The van der Waals surface area contributed by atoms with Crippen LogP contribution in [0.4, 0.5) is 17.6 Å². The van der Waals surface area contributed by atoms with E-state index in [1.807, 2.05) is 4.90 Å². The van der Waals surface area contributed by atoms with E-state index in [1.165, 1.54) is 0 Å². The number of ether oxygens (including phenoxy) is 1. The van der Waals surface area contributed by atoms with Gasteiger partial charge in [0, 0.05) is 25.3 Å². The Morgan fingerprint density at radius 2 is 2.10 bits per heavy atom. The maximum atomic E-state index is 13.6. The van der Waals surface area contributed by atoms with Crippen molar-refractivity contribution in [2.75, 3.05) is 26.8 Å². The molecule has 0 amide bonds. The smallest absolute Gasteiger partial charge is 0.381 e. The molecule has 0 saturated carbocycles. The van der Waals surface area contributed by atoms with Crippen molar-refractivity contribution in [2.45, 2.75) is 19.1 Å². The van der Waals surface area contributed by atoms with Crippen molar-refractivity contribution in [3.8, 4) is 0 Å². The summed E-state index contributed by atoms with van der Waals surface area (Å²) < 4.78 is 56.7. The summed E-state index contributed by atoms with van der Waals surface area (Å²) in [4.78, 5) is 1.83. The Hall–Kier alpha value is -1.14. The van der Waals surface area contributed by atoms with Crippen molar-refractivity contribution in [3.05, 3.63) is 35.1 Å². The standard InChI is InChI=1S/C14H17F4NO/c1-19(7-10-4-5-20-9-10)8-11-6-12(14(16,17)18)2-3-13(11)15/h2-3,6,10H,4-5,7-9H2,1H3/t10-/m1/s1. The number of rotatable bonds is 4. The second-order valence-electron chi connectivity index (χ2n) is 5.23. The zero-order chi connectivity index (χ0) is 14.8. The van der Waals surface area contributed by atoms with E-state index in [9.17, 15) is 17.6 Å². The summed E-state index contributed by atoms with van der Waals surface area (Å²) in [5.41, 5.74) is -0.743. The van der Waals surface area contributed by atoms with Crippen LogP contribution in [0, 0.1) is 11.7 Å². The first-order valence-electron chi connectivity index (χ1n) is 6.48. The van der Waals surface area contributed by atoms with E-state index in [0.29, 0.717) is 19.1 Å². The minimum atomic E-state index is -4.44. The summed E-state index contributed by atoms with van der Waals surface area (Å²) in [5, 5.41) is 0. The van der Waals surface area contributed by atoms with Gasteiger partial charge in [-0.05, 0) is 37.6 Å². The molecule has 0 N–H and O–H groups in total. The van der Waals surface area contributed by atoms with Crippen LogP contribution in [0.1, 0.15) is 17.5 Å². The second-order valence-corrected chi connectivity index (χ2v) is 5.23. The Morgan fingerprint density at radius 3 is 2.70 bits per heavy atom. The van der Waals surface area contributed by atoms with Gasteiger partial charge in [-0.1, -0.05) is 0 Å². The topological polar surface area (TPSA) is 12.5 Å². The zero-order valence-corrected chi connectivity index (χ0v) is 11.2. The van der Waals surface area contributed by atoms with E-state index in [4.69, 9.17) is 4.74 Å². The predicted octanol–water partition coefficient (Wildman–Crippen LogP) is 3.31. The lowest BCUT2D eigenvalue weighted by molar-refractivity contribution is -0.137. The summed E-state index contributed by atoms with van der Waals surface area (Å²) in [6, 6.07) is 2.53. The first-order valence-corrected chi connectivity index (χ1v) is 6.48. The third kappa shape index (κ3) is 3.93. The highest BCUT2D eigenvalue weighted by atomic mass is 19.4. The molecule has 0 bridgehead atoms. The van der Waals surface area contributed by atoms with E-state index in [2.05, 4.69) is 0 Å². The van der Waals surface area contributed by atoms with E-state index < -0.39 is 17.6 Å². The molecule has 2 nitrogen and oxygen atoms in total. The number of hydrogen-bond donors (Lipinski definition) is 0. The van der Waals surface area contributed by atoms with Crippen molar-refractivity contribution in [1.82, 2.24) is 4.90 Å². The van der Waals surface area contributed by atoms with Gasteiger partial charge in [0.2, 0.25) is 0 Å². The molecular formula is C14H17F4NO. The van der Waals surface area contributed by atoms with Crippen LogP contribution in [-0.4, -0.2) is 31.7 Å². The summed E-state index contributed by atoms with van der Waals surface area (Å²) in [5.74, 6) is -0.235.